The lowest BCUT2D eigenvalue weighted by atomic mass is 10.2. The fraction of sp³-hybridized carbons (Fsp3) is 0.273. The van der Waals surface area contributed by atoms with Crippen molar-refractivity contribution in [3.63, 3.8) is 0 Å². The minimum absolute atomic E-state index is 0.00160. The molecule has 7 nitrogen and oxygen atoms in total. The van der Waals surface area contributed by atoms with E-state index in [1.54, 1.807) is 12.1 Å². The second-order valence-corrected chi connectivity index (χ2v) is 7.49. The van der Waals surface area contributed by atoms with Gasteiger partial charge in [-0.05, 0) is 63.7 Å². The van der Waals surface area contributed by atoms with Crippen LogP contribution >= 0.6 is 11.6 Å². The molecule has 0 saturated carbocycles. The van der Waals surface area contributed by atoms with Crippen LogP contribution < -0.4 is 10.6 Å². The molecule has 0 saturated heterocycles. The van der Waals surface area contributed by atoms with E-state index < -0.39 is 11.7 Å². The molecule has 3 aromatic rings. The van der Waals surface area contributed by atoms with E-state index in [9.17, 15) is 9.18 Å². The molecule has 3 rings (SSSR count). The number of carbonyl (C=O) groups excluding carboxylic acids is 1. The Labute approximate surface area is 185 Å². The summed E-state index contributed by atoms with van der Waals surface area (Å²) in [6.45, 7) is 0.997. The number of nitrogens with zero attached hydrogens (tertiary/aromatic N) is 4. The molecule has 0 fully saturated rings. The lowest BCUT2D eigenvalue weighted by Gasteiger charge is -2.10. The number of fused-ring (bicyclic) bond motifs is 1. The third-order valence-corrected chi connectivity index (χ3v) is 4.59. The molecule has 9 heteroatoms. The van der Waals surface area contributed by atoms with Crippen molar-refractivity contribution >= 4 is 45.7 Å². The van der Waals surface area contributed by atoms with Crippen LogP contribution in [-0.4, -0.2) is 46.4 Å². The van der Waals surface area contributed by atoms with Gasteiger partial charge in [0.15, 0.2) is 0 Å². The van der Waals surface area contributed by atoms with Crippen LogP contribution in [0.4, 0.5) is 21.7 Å². The maximum Gasteiger partial charge on any atom is 0.301 e. The van der Waals surface area contributed by atoms with E-state index in [2.05, 4.69) is 42.3 Å². The first-order valence-corrected chi connectivity index (χ1v) is 10.1. The Bertz CT molecular complexity index is 1140. The van der Waals surface area contributed by atoms with E-state index in [0.717, 1.165) is 19.4 Å². The fourth-order valence-corrected chi connectivity index (χ4v) is 2.95. The molecule has 0 aliphatic rings. The summed E-state index contributed by atoms with van der Waals surface area (Å²) < 4.78 is 13.4. The Kier molecular flexibility index (Phi) is 7.70. The molecule has 0 radical (unpaired) electrons. The van der Waals surface area contributed by atoms with Crippen LogP contribution in [0, 0.1) is 17.7 Å². The number of pyridine rings is 1. The SMILES string of the molecule is CN(C)CCCCC#CC(=O)Nc1cc2c(Nc3ccc(F)c(Cl)c3)ncnc2cn1. The average Bonchev–Trinajstić information content (AvgIpc) is 2.73. The van der Waals surface area contributed by atoms with E-state index in [0.29, 0.717) is 34.6 Å². The molecule has 31 heavy (non-hydrogen) atoms. The highest BCUT2D eigenvalue weighted by Gasteiger charge is 2.09. The summed E-state index contributed by atoms with van der Waals surface area (Å²) in [6, 6.07) is 5.93. The van der Waals surface area contributed by atoms with Gasteiger partial charge in [-0.3, -0.25) is 10.1 Å². The van der Waals surface area contributed by atoms with Crippen LogP contribution in [0.2, 0.25) is 5.02 Å². The van der Waals surface area contributed by atoms with E-state index in [-0.39, 0.29) is 5.02 Å². The number of nitrogens with one attached hydrogen (secondary N) is 2. The van der Waals surface area contributed by atoms with Crippen molar-refractivity contribution in [2.45, 2.75) is 19.3 Å². The molecule has 2 aromatic heterocycles. The molecule has 0 aliphatic carbocycles. The monoisotopic (exact) mass is 440 g/mol. The van der Waals surface area contributed by atoms with Gasteiger partial charge in [0.1, 0.15) is 23.8 Å². The second-order valence-electron chi connectivity index (χ2n) is 7.08. The summed E-state index contributed by atoms with van der Waals surface area (Å²) in [4.78, 5) is 26.8. The van der Waals surface area contributed by atoms with Gasteiger partial charge in [0, 0.05) is 17.5 Å². The predicted octanol–water partition coefficient (Wildman–Crippen LogP) is 4.23. The van der Waals surface area contributed by atoms with Crippen LogP contribution in [0.5, 0.6) is 0 Å². The lowest BCUT2D eigenvalue weighted by Crippen LogP contribution is -2.12. The van der Waals surface area contributed by atoms with Gasteiger partial charge < -0.3 is 10.2 Å². The van der Waals surface area contributed by atoms with E-state index in [1.807, 2.05) is 14.1 Å². The molecule has 0 spiro atoms. The molecule has 0 aliphatic heterocycles. The summed E-state index contributed by atoms with van der Waals surface area (Å²) in [7, 11) is 4.05. The molecule has 0 atom stereocenters. The van der Waals surface area contributed by atoms with Crippen LogP contribution in [0.1, 0.15) is 19.3 Å². The lowest BCUT2D eigenvalue weighted by molar-refractivity contribution is -0.111. The van der Waals surface area contributed by atoms with Crippen LogP contribution in [0.15, 0.2) is 36.8 Å². The third kappa shape index (κ3) is 6.60. The van der Waals surface area contributed by atoms with Gasteiger partial charge in [0.2, 0.25) is 0 Å². The average molecular weight is 441 g/mol. The number of unbranched alkanes of at least 4 members (excludes halogenated alkanes) is 2. The number of carbonyl (C=O) groups is 1. The van der Waals surface area contributed by atoms with Gasteiger partial charge in [0.25, 0.3) is 0 Å². The smallest absolute Gasteiger partial charge is 0.301 e. The first-order chi connectivity index (χ1) is 14.9. The minimum Gasteiger partial charge on any atom is -0.340 e. The summed E-state index contributed by atoms with van der Waals surface area (Å²) in [6.07, 6.45) is 5.55. The zero-order chi connectivity index (χ0) is 22.2. The molecule has 0 unspecified atom stereocenters. The summed E-state index contributed by atoms with van der Waals surface area (Å²) >= 11 is 5.84. The van der Waals surface area contributed by atoms with E-state index in [1.165, 1.54) is 24.7 Å². The first kappa shape index (κ1) is 22.4. The number of rotatable bonds is 7. The third-order valence-electron chi connectivity index (χ3n) is 4.30. The number of hydrogen-bond donors (Lipinski definition) is 2. The molecular weight excluding hydrogens is 419 g/mol. The van der Waals surface area contributed by atoms with Crippen LogP contribution in [-0.2, 0) is 4.79 Å². The minimum atomic E-state index is -0.507. The number of aromatic nitrogens is 3. The summed E-state index contributed by atoms with van der Waals surface area (Å²) in [5.41, 5.74) is 1.14. The Hall–Kier alpha value is -3.28. The number of benzene rings is 1. The zero-order valence-corrected chi connectivity index (χ0v) is 18.0. The highest BCUT2D eigenvalue weighted by molar-refractivity contribution is 6.31. The molecular formula is C22H22ClFN6O. The van der Waals surface area contributed by atoms with Gasteiger partial charge in [-0.1, -0.05) is 17.5 Å². The zero-order valence-electron chi connectivity index (χ0n) is 17.2. The normalized spacial score (nSPS) is 10.6. The van der Waals surface area contributed by atoms with Crippen molar-refractivity contribution in [1.29, 1.82) is 0 Å². The first-order valence-electron chi connectivity index (χ1n) is 9.70. The molecule has 2 heterocycles. The highest BCUT2D eigenvalue weighted by Crippen LogP contribution is 2.26. The van der Waals surface area contributed by atoms with Crippen molar-refractivity contribution in [3.8, 4) is 11.8 Å². The standard InChI is InChI=1S/C22H22ClFN6O/c1-30(2)10-6-4-3-5-7-21(31)29-20-12-16-19(13-25-20)26-14-27-22(16)28-15-8-9-18(24)17(23)11-15/h8-9,11-14H,3-4,6,10H2,1-2H3,(H,25,29,31)(H,26,27,28). The number of amides is 1. The Morgan fingerprint density at radius 2 is 2.03 bits per heavy atom. The molecule has 160 valence electrons. The number of hydrogen-bond acceptors (Lipinski definition) is 6. The largest absolute Gasteiger partial charge is 0.340 e. The number of anilines is 3. The highest BCUT2D eigenvalue weighted by atomic mass is 35.5. The predicted molar refractivity (Wildman–Crippen MR) is 121 cm³/mol. The maximum atomic E-state index is 13.4. The Balaban J connectivity index is 1.69. The van der Waals surface area contributed by atoms with Gasteiger partial charge in [0.05, 0.1) is 16.7 Å². The number of halogens is 2. The molecule has 2 N–H and O–H groups in total. The van der Waals surface area contributed by atoms with E-state index >= 15 is 0 Å². The summed E-state index contributed by atoms with van der Waals surface area (Å²) in [5.74, 6) is 5.32. The van der Waals surface area contributed by atoms with Gasteiger partial charge in [-0.2, -0.15) is 0 Å². The quantitative estimate of drug-likeness (QED) is 0.422. The molecule has 1 aromatic carbocycles. The topological polar surface area (TPSA) is 83.0 Å². The van der Waals surface area contributed by atoms with Crippen molar-refractivity contribution in [2.24, 2.45) is 0 Å². The van der Waals surface area contributed by atoms with Crippen molar-refractivity contribution < 1.29 is 9.18 Å². The second kappa shape index (κ2) is 10.7. The Morgan fingerprint density at radius 1 is 1.19 bits per heavy atom. The van der Waals surface area contributed by atoms with Crippen LogP contribution in [0.25, 0.3) is 10.9 Å². The van der Waals surface area contributed by atoms with Crippen LogP contribution in [0.3, 0.4) is 0 Å². The van der Waals surface area contributed by atoms with Gasteiger partial charge in [-0.25, -0.2) is 19.3 Å². The van der Waals surface area contributed by atoms with Gasteiger partial charge >= 0.3 is 5.91 Å². The van der Waals surface area contributed by atoms with Crippen molar-refractivity contribution in [2.75, 3.05) is 31.3 Å². The van der Waals surface area contributed by atoms with Crippen molar-refractivity contribution in [1.82, 2.24) is 19.9 Å². The van der Waals surface area contributed by atoms with E-state index in [4.69, 9.17) is 11.6 Å². The van der Waals surface area contributed by atoms with Crippen molar-refractivity contribution in [3.05, 3.63) is 47.6 Å². The fourth-order valence-electron chi connectivity index (χ4n) is 2.77. The van der Waals surface area contributed by atoms with Gasteiger partial charge in [-0.15, -0.1) is 0 Å². The summed E-state index contributed by atoms with van der Waals surface area (Å²) in [5, 5.41) is 6.38. The molecule has 0 bridgehead atoms. The maximum absolute atomic E-state index is 13.4. The Morgan fingerprint density at radius 3 is 2.81 bits per heavy atom. The molecule has 1 amide bonds.